The Morgan fingerprint density at radius 2 is 2.31 bits per heavy atom. The molecule has 5 nitrogen and oxygen atoms in total. The molecule has 1 amide bonds. The summed E-state index contributed by atoms with van der Waals surface area (Å²) in [4.78, 5) is 12.3. The molecule has 0 bridgehead atoms. The van der Waals surface area contributed by atoms with Crippen LogP contribution < -0.4 is 11.1 Å². The van der Waals surface area contributed by atoms with E-state index >= 15 is 0 Å². The van der Waals surface area contributed by atoms with E-state index < -0.39 is 0 Å². The average molecular weight is 236 g/mol. The van der Waals surface area contributed by atoms with Gasteiger partial charge in [-0.1, -0.05) is 0 Å². The molecular weight excluding hydrogens is 224 g/mol. The van der Waals surface area contributed by atoms with Crippen molar-refractivity contribution in [2.45, 2.75) is 13.8 Å². The molecule has 0 atom stereocenters. The number of hydrogen-bond acceptors (Lipinski definition) is 4. The van der Waals surface area contributed by atoms with E-state index in [1.807, 2.05) is 13.8 Å². The number of nitrogens with two attached hydrogens (primary N) is 1. The van der Waals surface area contributed by atoms with E-state index in [9.17, 15) is 4.79 Å². The van der Waals surface area contributed by atoms with Crippen molar-refractivity contribution in [3.63, 3.8) is 0 Å². The third-order valence-corrected chi connectivity index (χ3v) is 3.32. The first kappa shape index (κ1) is 10.7. The average Bonchev–Trinajstić information content (AvgIpc) is 2.79. The molecule has 0 aliphatic carbocycles. The van der Waals surface area contributed by atoms with Crippen molar-refractivity contribution >= 4 is 28.7 Å². The Bertz CT molecular complexity index is 529. The van der Waals surface area contributed by atoms with Crippen LogP contribution in [-0.2, 0) is 0 Å². The Morgan fingerprint density at radius 3 is 2.81 bits per heavy atom. The number of aromatic amines is 1. The second-order valence-corrected chi connectivity index (χ2v) is 4.40. The molecule has 2 heterocycles. The van der Waals surface area contributed by atoms with Crippen molar-refractivity contribution in [1.29, 1.82) is 0 Å². The first-order valence-electron chi connectivity index (χ1n) is 4.75. The molecule has 0 fully saturated rings. The number of aryl methyl sites for hydroxylation is 1. The molecule has 0 aromatic carbocycles. The number of amides is 1. The normalized spacial score (nSPS) is 10.4. The number of carbonyl (C=O) groups is 1. The van der Waals surface area contributed by atoms with E-state index in [1.165, 1.54) is 11.3 Å². The van der Waals surface area contributed by atoms with E-state index in [4.69, 9.17) is 5.73 Å². The van der Waals surface area contributed by atoms with Crippen molar-refractivity contribution < 1.29 is 4.79 Å². The van der Waals surface area contributed by atoms with Crippen molar-refractivity contribution in [3.8, 4) is 0 Å². The van der Waals surface area contributed by atoms with E-state index in [0.29, 0.717) is 16.4 Å². The van der Waals surface area contributed by atoms with Crippen LogP contribution in [0.2, 0.25) is 0 Å². The standard InChI is InChI=1S/C10H12N4OS/c1-5-6(2)13-14-9(5)12-10(15)8-7(11)3-4-16-8/h3-4H,11H2,1-2H3,(H2,12,13,14,15). The number of rotatable bonds is 2. The van der Waals surface area contributed by atoms with Gasteiger partial charge in [-0.3, -0.25) is 9.89 Å². The molecule has 0 unspecified atom stereocenters. The lowest BCUT2D eigenvalue weighted by atomic mass is 10.3. The zero-order valence-electron chi connectivity index (χ0n) is 9.00. The fraction of sp³-hybridized carbons (Fsp3) is 0.200. The Kier molecular flexibility index (Phi) is 2.66. The molecule has 6 heteroatoms. The number of H-pyrrole nitrogens is 1. The van der Waals surface area contributed by atoms with Gasteiger partial charge in [0, 0.05) is 11.3 Å². The highest BCUT2D eigenvalue weighted by Gasteiger charge is 2.14. The zero-order chi connectivity index (χ0) is 11.7. The van der Waals surface area contributed by atoms with Gasteiger partial charge in [-0.25, -0.2) is 0 Å². The summed E-state index contributed by atoms with van der Waals surface area (Å²) < 4.78 is 0. The summed E-state index contributed by atoms with van der Waals surface area (Å²) >= 11 is 1.31. The maximum atomic E-state index is 11.8. The first-order chi connectivity index (χ1) is 7.59. The van der Waals surface area contributed by atoms with Crippen molar-refractivity contribution in [2.24, 2.45) is 0 Å². The summed E-state index contributed by atoms with van der Waals surface area (Å²) in [6.45, 7) is 3.80. The quantitative estimate of drug-likeness (QED) is 0.744. The smallest absolute Gasteiger partial charge is 0.269 e. The van der Waals surface area contributed by atoms with Crippen molar-refractivity contribution in [1.82, 2.24) is 10.2 Å². The number of anilines is 2. The maximum Gasteiger partial charge on any atom is 0.269 e. The van der Waals surface area contributed by atoms with Crippen LogP contribution in [0.4, 0.5) is 11.5 Å². The van der Waals surface area contributed by atoms with Gasteiger partial charge in [0.25, 0.3) is 5.91 Å². The topological polar surface area (TPSA) is 83.8 Å². The minimum absolute atomic E-state index is 0.220. The summed E-state index contributed by atoms with van der Waals surface area (Å²) in [5.74, 6) is 0.331. The van der Waals surface area contributed by atoms with Crippen molar-refractivity contribution in [3.05, 3.63) is 27.6 Å². The molecule has 4 N–H and O–H groups in total. The van der Waals surface area contributed by atoms with Gasteiger partial charge in [-0.05, 0) is 25.3 Å². The Morgan fingerprint density at radius 1 is 1.56 bits per heavy atom. The van der Waals surface area contributed by atoms with Crippen LogP contribution in [0.3, 0.4) is 0 Å². The summed E-state index contributed by atoms with van der Waals surface area (Å²) in [5.41, 5.74) is 8.03. The van der Waals surface area contributed by atoms with E-state index in [2.05, 4.69) is 15.5 Å². The van der Waals surface area contributed by atoms with Gasteiger partial charge in [-0.2, -0.15) is 5.10 Å². The second-order valence-electron chi connectivity index (χ2n) is 3.48. The lowest BCUT2D eigenvalue weighted by Crippen LogP contribution is -2.12. The third kappa shape index (κ3) is 1.79. The predicted molar refractivity (Wildman–Crippen MR) is 64.7 cm³/mol. The van der Waals surface area contributed by atoms with E-state index in [1.54, 1.807) is 11.4 Å². The number of thiophene rings is 1. The van der Waals surface area contributed by atoms with Gasteiger partial charge in [0.05, 0.1) is 5.69 Å². The van der Waals surface area contributed by atoms with Gasteiger partial charge in [-0.15, -0.1) is 11.3 Å². The van der Waals surface area contributed by atoms with Crippen LogP contribution in [-0.4, -0.2) is 16.1 Å². The SMILES string of the molecule is Cc1[nH]nc(NC(=O)c2sccc2N)c1C. The van der Waals surface area contributed by atoms with Gasteiger partial charge >= 0.3 is 0 Å². The maximum absolute atomic E-state index is 11.8. The predicted octanol–water partition coefficient (Wildman–Crippen LogP) is 1.92. The Labute approximate surface area is 96.7 Å². The molecule has 0 aliphatic rings. The summed E-state index contributed by atoms with van der Waals surface area (Å²) in [6, 6.07) is 1.71. The molecule has 2 aromatic heterocycles. The van der Waals surface area contributed by atoms with Crippen molar-refractivity contribution in [2.75, 3.05) is 11.1 Å². The fourth-order valence-corrected chi connectivity index (χ4v) is 1.99. The summed E-state index contributed by atoms with van der Waals surface area (Å²) in [6.07, 6.45) is 0. The number of aromatic nitrogens is 2. The highest BCUT2D eigenvalue weighted by atomic mass is 32.1. The van der Waals surface area contributed by atoms with Gasteiger partial charge in [0.15, 0.2) is 5.82 Å². The van der Waals surface area contributed by atoms with Crippen LogP contribution >= 0.6 is 11.3 Å². The monoisotopic (exact) mass is 236 g/mol. The Hall–Kier alpha value is -1.82. The summed E-state index contributed by atoms with van der Waals surface area (Å²) in [5, 5.41) is 11.3. The van der Waals surface area contributed by atoms with Crippen LogP contribution in [0.15, 0.2) is 11.4 Å². The number of nitrogens with one attached hydrogen (secondary N) is 2. The van der Waals surface area contributed by atoms with Crippen LogP contribution in [0.25, 0.3) is 0 Å². The lowest BCUT2D eigenvalue weighted by Gasteiger charge is -2.01. The molecule has 16 heavy (non-hydrogen) atoms. The Balaban J connectivity index is 2.20. The van der Waals surface area contributed by atoms with Crippen LogP contribution in [0, 0.1) is 13.8 Å². The van der Waals surface area contributed by atoms with Crippen LogP contribution in [0.1, 0.15) is 20.9 Å². The highest BCUT2D eigenvalue weighted by Crippen LogP contribution is 2.21. The molecule has 2 aromatic rings. The molecular formula is C10H12N4OS. The zero-order valence-corrected chi connectivity index (χ0v) is 9.81. The molecule has 0 spiro atoms. The minimum Gasteiger partial charge on any atom is -0.397 e. The first-order valence-corrected chi connectivity index (χ1v) is 5.63. The molecule has 84 valence electrons. The summed E-state index contributed by atoms with van der Waals surface area (Å²) in [7, 11) is 0. The fourth-order valence-electron chi connectivity index (χ4n) is 1.27. The number of nitrogen functional groups attached to an aromatic ring is 1. The number of hydrogen-bond donors (Lipinski definition) is 3. The van der Waals surface area contributed by atoms with E-state index in [0.717, 1.165) is 11.3 Å². The van der Waals surface area contributed by atoms with E-state index in [-0.39, 0.29) is 5.91 Å². The second kappa shape index (κ2) is 3.97. The van der Waals surface area contributed by atoms with Gasteiger partial charge in [0.1, 0.15) is 4.88 Å². The van der Waals surface area contributed by atoms with Gasteiger partial charge in [0.2, 0.25) is 0 Å². The minimum atomic E-state index is -0.220. The molecule has 0 radical (unpaired) electrons. The van der Waals surface area contributed by atoms with Crippen LogP contribution in [0.5, 0.6) is 0 Å². The molecule has 0 saturated heterocycles. The third-order valence-electron chi connectivity index (χ3n) is 2.39. The van der Waals surface area contributed by atoms with Gasteiger partial charge < -0.3 is 11.1 Å². The largest absolute Gasteiger partial charge is 0.397 e. The molecule has 0 saturated carbocycles. The molecule has 2 rings (SSSR count). The lowest BCUT2D eigenvalue weighted by molar-refractivity contribution is 0.103. The number of nitrogens with zero attached hydrogens (tertiary/aromatic N) is 1. The molecule has 0 aliphatic heterocycles. The highest BCUT2D eigenvalue weighted by molar-refractivity contribution is 7.12. The number of carbonyl (C=O) groups excluding carboxylic acids is 1.